The number of hydrogen-bond acceptors (Lipinski definition) is 3. The van der Waals surface area contributed by atoms with E-state index in [1.807, 2.05) is 0 Å². The molecule has 16 aromatic rings. The van der Waals surface area contributed by atoms with E-state index in [4.69, 9.17) is 15.0 Å². The number of nitrogens with zero attached hydrogens (tertiary/aromatic N) is 6. The number of para-hydroxylation sites is 4. The van der Waals surface area contributed by atoms with E-state index < -0.39 is 0 Å². The van der Waals surface area contributed by atoms with E-state index in [0.29, 0.717) is 17.5 Å². The Morgan fingerprint density at radius 3 is 1.40 bits per heavy atom. The lowest BCUT2D eigenvalue weighted by Crippen LogP contribution is -2.06. The molecule has 12 aromatic carbocycles. The maximum Gasteiger partial charge on any atom is 0.164 e. The molecule has 438 valence electrons. The van der Waals surface area contributed by atoms with Gasteiger partial charge in [0, 0.05) is 77.4 Å². The lowest BCUT2D eigenvalue weighted by Gasteiger charge is -2.22. The van der Waals surface area contributed by atoms with Gasteiger partial charge in [-0.05, 0) is 131 Å². The van der Waals surface area contributed by atoms with E-state index >= 15 is 0 Å². The summed E-state index contributed by atoms with van der Waals surface area (Å²) in [6.07, 6.45) is 18.7. The van der Waals surface area contributed by atoms with Gasteiger partial charge in [-0.2, -0.15) is 0 Å². The quantitative estimate of drug-likeness (QED) is 0.130. The Morgan fingerprint density at radius 2 is 0.806 bits per heavy atom. The van der Waals surface area contributed by atoms with Gasteiger partial charge in [-0.25, -0.2) is 15.0 Å². The molecule has 4 heterocycles. The Bertz CT molecular complexity index is 5730. The lowest BCUT2D eigenvalue weighted by molar-refractivity contribution is 0.854. The molecule has 0 bridgehead atoms. The van der Waals surface area contributed by atoms with Crippen molar-refractivity contribution in [3.8, 4) is 84.6 Å². The third-order valence-electron chi connectivity index (χ3n) is 19.0. The van der Waals surface area contributed by atoms with E-state index in [-0.39, 0.29) is 5.92 Å². The summed E-state index contributed by atoms with van der Waals surface area (Å²) in [5, 5.41) is 7.20. The Hall–Kier alpha value is -12.0. The van der Waals surface area contributed by atoms with Crippen molar-refractivity contribution in [2.24, 2.45) is 0 Å². The molecule has 2 aliphatic carbocycles. The van der Waals surface area contributed by atoms with Crippen molar-refractivity contribution in [2.45, 2.75) is 25.2 Å². The maximum absolute atomic E-state index is 5.65. The monoisotopic (exact) mass is 1190 g/mol. The second kappa shape index (κ2) is 22.5. The van der Waals surface area contributed by atoms with Gasteiger partial charge in [0.05, 0.1) is 38.8 Å². The van der Waals surface area contributed by atoms with Crippen molar-refractivity contribution in [1.82, 2.24) is 28.7 Å². The van der Waals surface area contributed by atoms with Gasteiger partial charge in [0.2, 0.25) is 0 Å². The van der Waals surface area contributed by atoms with Gasteiger partial charge in [0.1, 0.15) is 0 Å². The molecule has 0 amide bonds. The fourth-order valence-electron chi connectivity index (χ4n) is 14.7. The highest BCUT2D eigenvalue weighted by atomic mass is 15.1. The lowest BCUT2D eigenvalue weighted by atomic mass is 9.88. The van der Waals surface area contributed by atoms with E-state index in [1.165, 1.54) is 54.4 Å². The first-order valence-corrected chi connectivity index (χ1v) is 32.3. The van der Waals surface area contributed by atoms with Crippen molar-refractivity contribution < 1.29 is 0 Å². The second-order valence-electron chi connectivity index (χ2n) is 24.5. The zero-order valence-electron chi connectivity index (χ0n) is 51.0. The van der Waals surface area contributed by atoms with E-state index in [2.05, 4.69) is 335 Å². The van der Waals surface area contributed by atoms with Crippen molar-refractivity contribution in [3.63, 3.8) is 0 Å². The molecule has 6 heteroatoms. The van der Waals surface area contributed by atoms with Crippen LogP contribution in [0.4, 0.5) is 0 Å². The van der Waals surface area contributed by atoms with Gasteiger partial charge >= 0.3 is 0 Å². The van der Waals surface area contributed by atoms with Crippen molar-refractivity contribution in [1.29, 1.82) is 0 Å². The largest absolute Gasteiger partial charge is 0.309 e. The van der Waals surface area contributed by atoms with Gasteiger partial charge in [-0.1, -0.05) is 249 Å². The maximum atomic E-state index is 5.65. The van der Waals surface area contributed by atoms with Crippen LogP contribution in [0, 0.1) is 0 Å². The summed E-state index contributed by atoms with van der Waals surface area (Å²) in [6.45, 7) is 0. The van der Waals surface area contributed by atoms with Gasteiger partial charge in [-0.3, -0.25) is 0 Å². The highest BCUT2D eigenvalue weighted by molar-refractivity contribution is 6.32. The minimum Gasteiger partial charge on any atom is -0.309 e. The molecule has 0 saturated heterocycles. The standard InChI is InChI=1S/C87H60N6/c1-8-26-57(27-9-1)60-44-46-63(47-45-60)85-88-86(66-53-64(58-28-10-2-11-29-58)52-65(54-66)59-30-12-3-13-31-59)90-87(89-85)67-55-74(61-32-14-4-15-33-61)82(75(56-67)62-34-16-5-17-35-62)93-77-43-25-23-41-73(77)81-79(93)51-49-71-70-48-50-78-80(83(70)92(84(71)81)69-38-20-7-21-39-69)72-40-22-24-42-76(72)91(78)68-36-18-6-19-37-68/h1-4,6-16,18-30,32-56,59H,5,17,31H2. The van der Waals surface area contributed by atoms with Gasteiger partial charge in [0.15, 0.2) is 17.5 Å². The first-order chi connectivity index (χ1) is 46.1. The first-order valence-electron chi connectivity index (χ1n) is 32.3. The van der Waals surface area contributed by atoms with Crippen LogP contribution in [-0.2, 0) is 0 Å². The third-order valence-corrected chi connectivity index (χ3v) is 19.0. The summed E-state index contributed by atoms with van der Waals surface area (Å²) in [4.78, 5) is 16.7. The molecule has 6 nitrogen and oxygen atoms in total. The number of rotatable bonds is 11. The molecule has 0 spiro atoms. The van der Waals surface area contributed by atoms with Gasteiger partial charge in [0.25, 0.3) is 0 Å². The third kappa shape index (κ3) is 9.20. The normalized spacial score (nSPS) is 13.9. The number of fused-ring (bicyclic) bond motifs is 11. The summed E-state index contributed by atoms with van der Waals surface area (Å²) < 4.78 is 7.55. The number of allylic oxidation sites excluding steroid dienone is 8. The Balaban J connectivity index is 0.920. The smallest absolute Gasteiger partial charge is 0.164 e. The molecular weight excluding hydrogens is 1130 g/mol. The minimum absolute atomic E-state index is 0.201. The molecular formula is C87H60N6. The average Bonchev–Trinajstić information content (AvgIpc) is 1.53. The van der Waals surface area contributed by atoms with Crippen molar-refractivity contribution >= 4 is 71.0 Å². The molecule has 1 atom stereocenters. The molecule has 0 N–H and O–H groups in total. The zero-order chi connectivity index (χ0) is 61.3. The van der Waals surface area contributed by atoms with Crippen LogP contribution in [0.1, 0.15) is 36.3 Å². The summed E-state index contributed by atoms with van der Waals surface area (Å²) in [5.41, 5.74) is 23.1. The SMILES string of the molecule is C1=CCC(c2cc(-c3ccccc3)cc(-c3nc(-c4ccc(-c5ccccc5)cc4)nc(-c4cc(C5=CCCC=C5)c(-n5c6ccccc6c6c5ccc5c7ccc8c(c9ccccc9n8-c8ccccc8)c7n(-c7ccccc7)c56)c(-c5ccccc5)c4)n3)c2)C=C1. The van der Waals surface area contributed by atoms with E-state index in [1.54, 1.807) is 0 Å². The van der Waals surface area contributed by atoms with Gasteiger partial charge in [-0.15, -0.1) is 0 Å². The van der Waals surface area contributed by atoms with Crippen LogP contribution in [0.2, 0.25) is 0 Å². The molecule has 4 aromatic heterocycles. The number of benzene rings is 12. The molecule has 1 unspecified atom stereocenters. The Morgan fingerprint density at radius 1 is 0.323 bits per heavy atom. The zero-order valence-corrected chi connectivity index (χ0v) is 51.0. The summed E-state index contributed by atoms with van der Waals surface area (Å²) >= 11 is 0. The van der Waals surface area contributed by atoms with Crippen LogP contribution in [0.3, 0.4) is 0 Å². The number of aromatic nitrogens is 6. The molecule has 0 fully saturated rings. The second-order valence-corrected chi connectivity index (χ2v) is 24.5. The molecule has 0 saturated carbocycles. The summed E-state index contributed by atoms with van der Waals surface area (Å²) in [6, 6.07) is 102. The Kier molecular flexibility index (Phi) is 13.1. The molecule has 2 aliphatic rings. The Labute approximate surface area is 539 Å². The molecule has 0 aliphatic heterocycles. The fourth-order valence-corrected chi connectivity index (χ4v) is 14.7. The fraction of sp³-hybridized carbons (Fsp3) is 0.0460. The van der Waals surface area contributed by atoms with Crippen LogP contribution < -0.4 is 0 Å². The predicted octanol–water partition coefficient (Wildman–Crippen LogP) is 22.5. The highest BCUT2D eigenvalue weighted by Crippen LogP contribution is 2.49. The number of hydrogen-bond donors (Lipinski definition) is 0. The predicted molar refractivity (Wildman–Crippen MR) is 387 cm³/mol. The van der Waals surface area contributed by atoms with Crippen LogP contribution in [0.25, 0.3) is 156 Å². The minimum atomic E-state index is 0.201. The van der Waals surface area contributed by atoms with E-state index in [0.717, 1.165) is 114 Å². The van der Waals surface area contributed by atoms with Crippen LogP contribution in [0.5, 0.6) is 0 Å². The molecule has 18 rings (SSSR count). The summed E-state index contributed by atoms with van der Waals surface area (Å²) in [5.74, 6) is 2.01. The molecule has 0 radical (unpaired) electrons. The average molecular weight is 1190 g/mol. The topological polar surface area (TPSA) is 53.5 Å². The summed E-state index contributed by atoms with van der Waals surface area (Å²) in [7, 11) is 0. The van der Waals surface area contributed by atoms with Crippen LogP contribution >= 0.6 is 0 Å². The van der Waals surface area contributed by atoms with Gasteiger partial charge < -0.3 is 13.7 Å². The van der Waals surface area contributed by atoms with Crippen molar-refractivity contribution in [3.05, 3.63) is 333 Å². The van der Waals surface area contributed by atoms with Crippen LogP contribution in [0.15, 0.2) is 322 Å². The van der Waals surface area contributed by atoms with E-state index in [9.17, 15) is 0 Å². The highest BCUT2D eigenvalue weighted by Gasteiger charge is 2.28. The first kappa shape index (κ1) is 54.0. The molecule has 93 heavy (non-hydrogen) atoms. The van der Waals surface area contributed by atoms with Crippen LogP contribution in [-0.4, -0.2) is 28.7 Å². The van der Waals surface area contributed by atoms with Crippen molar-refractivity contribution in [2.75, 3.05) is 0 Å².